The summed E-state index contributed by atoms with van der Waals surface area (Å²) >= 11 is 0. The highest BCUT2D eigenvalue weighted by molar-refractivity contribution is 5.68. The molecule has 6 nitrogen and oxygen atoms in total. The van der Waals surface area contributed by atoms with Crippen molar-refractivity contribution in [3.63, 3.8) is 0 Å². The van der Waals surface area contributed by atoms with Gasteiger partial charge in [0.15, 0.2) is 0 Å². The molecule has 7 N–H and O–H groups in total. The number of pyridine rings is 3. The number of nitrogens with zero attached hydrogens (tertiary/aromatic N) is 3. The molecule has 0 unspecified atom stereocenters. The van der Waals surface area contributed by atoms with Crippen molar-refractivity contribution >= 4 is 23.8 Å². The first-order valence-corrected chi connectivity index (χ1v) is 9.32. The molecule has 3 heterocycles. The lowest BCUT2D eigenvalue weighted by Gasteiger charge is -2.14. The van der Waals surface area contributed by atoms with Crippen molar-refractivity contribution in [1.29, 1.82) is 0 Å². The molecule has 28 heavy (non-hydrogen) atoms. The molecule has 6 heteroatoms. The largest absolute Gasteiger partial charge is 0.384 e. The lowest BCUT2D eigenvalue weighted by atomic mass is 9.94. The van der Waals surface area contributed by atoms with Gasteiger partial charge >= 0.3 is 0 Å². The summed E-state index contributed by atoms with van der Waals surface area (Å²) in [6, 6.07) is 9.94. The van der Waals surface area contributed by atoms with Crippen LogP contribution in [0.3, 0.4) is 0 Å². The van der Waals surface area contributed by atoms with Gasteiger partial charge in [-0.25, -0.2) is 9.97 Å². The Morgan fingerprint density at radius 1 is 0.929 bits per heavy atom. The molecule has 0 amide bonds. The Labute approximate surface area is 165 Å². The molecule has 0 aliphatic carbocycles. The van der Waals surface area contributed by atoms with Gasteiger partial charge in [-0.05, 0) is 72.5 Å². The molecular weight excluding hydrogens is 348 g/mol. The van der Waals surface area contributed by atoms with Crippen molar-refractivity contribution in [2.75, 3.05) is 18.0 Å². The molecule has 144 valence electrons. The van der Waals surface area contributed by atoms with E-state index in [9.17, 15) is 0 Å². The highest BCUT2D eigenvalue weighted by Crippen LogP contribution is 2.21. The lowest BCUT2D eigenvalue weighted by Crippen LogP contribution is -2.53. The van der Waals surface area contributed by atoms with Crippen LogP contribution >= 0.6 is 0 Å². The number of hydrogen-bond donors (Lipinski definition) is 3. The number of rotatable bonds is 6. The van der Waals surface area contributed by atoms with E-state index in [0.717, 1.165) is 46.6 Å². The molecule has 0 aliphatic rings. The number of aryl methyl sites for hydroxylation is 2. The highest BCUT2D eigenvalue weighted by atomic mass is 14.8. The van der Waals surface area contributed by atoms with E-state index < -0.39 is 0 Å². The SMILES string of the molecule is Cc1cc(N)nc(/C=C/c2cncc([C@@H](C[NH3+])Cc3cc(C)cc(N)n3)c2)c1. The van der Waals surface area contributed by atoms with E-state index in [4.69, 9.17) is 11.5 Å². The third-order valence-corrected chi connectivity index (χ3v) is 4.55. The maximum Gasteiger partial charge on any atom is 0.124 e. The van der Waals surface area contributed by atoms with Gasteiger partial charge in [0.25, 0.3) is 0 Å². The van der Waals surface area contributed by atoms with Crippen molar-refractivity contribution in [2.24, 2.45) is 0 Å². The summed E-state index contributed by atoms with van der Waals surface area (Å²) in [7, 11) is 0. The smallest absolute Gasteiger partial charge is 0.124 e. The van der Waals surface area contributed by atoms with Gasteiger partial charge in [-0.15, -0.1) is 0 Å². The second-order valence-electron chi connectivity index (χ2n) is 7.13. The Hall–Kier alpha value is -3.25. The standard InChI is InChI=1S/C22H26N6/c1-14-5-19(27-21(24)7-14)4-3-16-9-18(13-26-12-16)17(11-23)10-20-6-15(2)8-22(25)28-20/h3-9,12-13,17H,10-11,23H2,1-2H3,(H2,24,27)(H2,25,28)/p+1/b4-3+/t17-/m1/s1. The van der Waals surface area contributed by atoms with Crippen LogP contribution in [0.25, 0.3) is 12.2 Å². The molecule has 0 saturated carbocycles. The van der Waals surface area contributed by atoms with E-state index in [2.05, 4.69) is 32.8 Å². The van der Waals surface area contributed by atoms with Gasteiger partial charge in [0.2, 0.25) is 0 Å². The summed E-state index contributed by atoms with van der Waals surface area (Å²) < 4.78 is 0. The van der Waals surface area contributed by atoms with Gasteiger partial charge in [0, 0.05) is 30.4 Å². The van der Waals surface area contributed by atoms with Gasteiger partial charge in [-0.1, -0.05) is 6.08 Å². The molecule has 1 atom stereocenters. The maximum atomic E-state index is 5.89. The average Bonchev–Trinajstić information content (AvgIpc) is 2.63. The molecule has 0 aliphatic heterocycles. The normalized spacial score (nSPS) is 12.4. The average molecular weight is 376 g/mol. The topological polar surface area (TPSA) is 118 Å². The molecule has 0 spiro atoms. The van der Waals surface area contributed by atoms with E-state index in [1.165, 1.54) is 0 Å². The van der Waals surface area contributed by atoms with Gasteiger partial charge in [-0.3, -0.25) is 4.98 Å². The molecule has 3 aromatic heterocycles. The Balaban J connectivity index is 1.81. The second-order valence-corrected chi connectivity index (χ2v) is 7.13. The van der Waals surface area contributed by atoms with Crippen molar-refractivity contribution in [3.05, 3.63) is 76.4 Å². The summed E-state index contributed by atoms with van der Waals surface area (Å²) in [6.45, 7) is 4.78. The van der Waals surface area contributed by atoms with Crippen LogP contribution in [0.2, 0.25) is 0 Å². The summed E-state index contributed by atoms with van der Waals surface area (Å²) in [6.07, 6.45) is 8.46. The monoisotopic (exact) mass is 375 g/mol. The third kappa shape index (κ3) is 5.14. The first-order chi connectivity index (χ1) is 13.4. The van der Waals surface area contributed by atoms with E-state index in [-0.39, 0.29) is 5.92 Å². The Kier molecular flexibility index (Phi) is 6.01. The molecular formula is C22H27N6+. The van der Waals surface area contributed by atoms with Gasteiger partial charge in [-0.2, -0.15) is 0 Å². The maximum absolute atomic E-state index is 5.89. The van der Waals surface area contributed by atoms with Crippen molar-refractivity contribution in [2.45, 2.75) is 26.2 Å². The summed E-state index contributed by atoms with van der Waals surface area (Å²) in [4.78, 5) is 13.2. The van der Waals surface area contributed by atoms with Gasteiger partial charge < -0.3 is 17.2 Å². The molecule has 0 aromatic carbocycles. The summed E-state index contributed by atoms with van der Waals surface area (Å²) in [5, 5.41) is 0. The number of nitrogen functional groups attached to an aromatic ring is 2. The van der Waals surface area contributed by atoms with Crippen LogP contribution in [0.1, 0.15) is 39.6 Å². The number of hydrogen-bond acceptors (Lipinski definition) is 5. The number of aromatic nitrogens is 3. The number of nitrogens with two attached hydrogens (primary N) is 2. The van der Waals surface area contributed by atoms with Crippen LogP contribution in [0.15, 0.2) is 42.7 Å². The Bertz CT molecular complexity index is 956. The Morgan fingerprint density at radius 3 is 2.32 bits per heavy atom. The van der Waals surface area contributed by atoms with E-state index >= 15 is 0 Å². The fourth-order valence-corrected chi connectivity index (χ4v) is 3.29. The Morgan fingerprint density at radius 2 is 1.64 bits per heavy atom. The van der Waals surface area contributed by atoms with Crippen molar-refractivity contribution in [3.8, 4) is 0 Å². The van der Waals surface area contributed by atoms with Crippen molar-refractivity contribution in [1.82, 2.24) is 15.0 Å². The van der Waals surface area contributed by atoms with Crippen LogP contribution < -0.4 is 17.2 Å². The number of quaternary nitrogens is 1. The molecule has 0 bridgehead atoms. The summed E-state index contributed by atoms with van der Waals surface area (Å²) in [5.41, 5.74) is 22.0. The van der Waals surface area contributed by atoms with Crippen LogP contribution in [0, 0.1) is 13.8 Å². The van der Waals surface area contributed by atoms with Crippen LogP contribution in [-0.2, 0) is 6.42 Å². The molecule has 0 radical (unpaired) electrons. The predicted octanol–water partition coefficient (Wildman–Crippen LogP) is 2.39. The van der Waals surface area contributed by atoms with Crippen LogP contribution in [0.4, 0.5) is 11.6 Å². The minimum atomic E-state index is 0.224. The fourth-order valence-electron chi connectivity index (χ4n) is 3.29. The zero-order valence-corrected chi connectivity index (χ0v) is 16.4. The molecule has 0 saturated heterocycles. The first kappa shape index (κ1) is 19.5. The van der Waals surface area contributed by atoms with E-state index in [1.54, 1.807) is 0 Å². The minimum Gasteiger partial charge on any atom is -0.384 e. The molecule has 3 aromatic rings. The zero-order chi connectivity index (χ0) is 20.1. The third-order valence-electron chi connectivity index (χ3n) is 4.55. The zero-order valence-electron chi connectivity index (χ0n) is 16.4. The van der Waals surface area contributed by atoms with Crippen LogP contribution in [0.5, 0.6) is 0 Å². The number of anilines is 2. The molecule has 0 fully saturated rings. The van der Waals surface area contributed by atoms with Gasteiger partial charge in [0.1, 0.15) is 11.6 Å². The predicted molar refractivity (Wildman–Crippen MR) is 114 cm³/mol. The highest BCUT2D eigenvalue weighted by Gasteiger charge is 2.15. The van der Waals surface area contributed by atoms with Gasteiger partial charge in [0.05, 0.1) is 12.2 Å². The van der Waals surface area contributed by atoms with E-state index in [0.29, 0.717) is 11.6 Å². The minimum absolute atomic E-state index is 0.224. The quantitative estimate of drug-likeness (QED) is 0.611. The fraction of sp³-hybridized carbons (Fsp3) is 0.227. The first-order valence-electron chi connectivity index (χ1n) is 9.32. The van der Waals surface area contributed by atoms with Crippen LogP contribution in [-0.4, -0.2) is 21.5 Å². The van der Waals surface area contributed by atoms with Crippen molar-refractivity contribution < 1.29 is 5.73 Å². The molecule has 3 rings (SSSR count). The second kappa shape index (κ2) is 8.63. The lowest BCUT2D eigenvalue weighted by molar-refractivity contribution is -0.372. The summed E-state index contributed by atoms with van der Waals surface area (Å²) in [5.74, 6) is 1.30. The van der Waals surface area contributed by atoms with E-state index in [1.807, 2.05) is 56.6 Å².